The van der Waals surface area contributed by atoms with Crippen molar-refractivity contribution in [1.29, 1.82) is 0 Å². The fourth-order valence-electron chi connectivity index (χ4n) is 7.22. The van der Waals surface area contributed by atoms with Crippen LogP contribution in [-0.4, -0.2) is 37.2 Å². The summed E-state index contributed by atoms with van der Waals surface area (Å²) in [4.78, 5) is 37.8. The Labute approximate surface area is 342 Å². The van der Waals surface area contributed by atoms with Crippen molar-refractivity contribution in [2.75, 3.05) is 13.2 Å². The Morgan fingerprint density at radius 1 is 0.364 bits per heavy atom. The molecule has 0 spiro atoms. The van der Waals surface area contributed by atoms with Gasteiger partial charge >= 0.3 is 17.9 Å². The minimum absolute atomic E-state index is 0.0652. The van der Waals surface area contributed by atoms with Crippen LogP contribution in [0.5, 0.6) is 0 Å². The van der Waals surface area contributed by atoms with E-state index >= 15 is 0 Å². The molecule has 2 unspecified atom stereocenters. The van der Waals surface area contributed by atoms with Gasteiger partial charge in [-0.3, -0.25) is 14.4 Å². The Hall–Kier alpha value is -1.59. The molecule has 0 aromatic heterocycles. The molecule has 3 atom stereocenters. The Kier molecular flexibility index (Phi) is 40.8. The molecule has 6 nitrogen and oxygen atoms in total. The van der Waals surface area contributed by atoms with E-state index in [1.165, 1.54) is 154 Å². The Morgan fingerprint density at radius 3 is 0.945 bits per heavy atom. The van der Waals surface area contributed by atoms with Gasteiger partial charge in [-0.05, 0) is 31.1 Å². The molecule has 0 fully saturated rings. The second-order valence-corrected chi connectivity index (χ2v) is 17.2. The average molecular weight is 779 g/mol. The van der Waals surface area contributed by atoms with E-state index in [0.29, 0.717) is 19.3 Å². The first kappa shape index (κ1) is 53.4. The van der Waals surface area contributed by atoms with Crippen LogP contribution in [0.25, 0.3) is 0 Å². The molecule has 0 bridgehead atoms. The third-order valence-corrected chi connectivity index (χ3v) is 11.7. The van der Waals surface area contributed by atoms with Crippen molar-refractivity contribution in [2.45, 2.75) is 272 Å². The predicted octanol–water partition coefficient (Wildman–Crippen LogP) is 15.4. The fourth-order valence-corrected chi connectivity index (χ4v) is 7.22. The van der Waals surface area contributed by atoms with Crippen LogP contribution >= 0.6 is 0 Å². The van der Waals surface area contributed by atoms with Crippen LogP contribution < -0.4 is 0 Å². The summed E-state index contributed by atoms with van der Waals surface area (Å²) < 4.78 is 16.7. The molecule has 0 saturated carbocycles. The van der Waals surface area contributed by atoms with Gasteiger partial charge in [-0.15, -0.1) is 0 Å². The number of unbranched alkanes of at least 4 members (excludes halogenated alkanes) is 26. The normalized spacial score (nSPS) is 13.0. The van der Waals surface area contributed by atoms with Crippen molar-refractivity contribution < 1.29 is 28.6 Å². The van der Waals surface area contributed by atoms with Crippen LogP contribution in [0, 0.1) is 11.8 Å². The van der Waals surface area contributed by atoms with Gasteiger partial charge in [0, 0.05) is 19.3 Å². The first-order valence-corrected chi connectivity index (χ1v) is 24.3. The zero-order valence-corrected chi connectivity index (χ0v) is 37.6. The zero-order chi connectivity index (χ0) is 40.5. The van der Waals surface area contributed by atoms with Crippen LogP contribution in [0.4, 0.5) is 0 Å². The summed E-state index contributed by atoms with van der Waals surface area (Å²) in [6, 6.07) is 0. The van der Waals surface area contributed by atoms with Crippen LogP contribution in [0.15, 0.2) is 0 Å². The molecule has 0 amide bonds. The molecular weight excluding hydrogens is 685 g/mol. The largest absolute Gasteiger partial charge is 0.462 e. The second kappa shape index (κ2) is 42.0. The Morgan fingerprint density at radius 2 is 0.636 bits per heavy atom. The molecule has 0 saturated heterocycles. The molecule has 0 aliphatic carbocycles. The summed E-state index contributed by atoms with van der Waals surface area (Å²) in [5.74, 6) is 0.802. The van der Waals surface area contributed by atoms with Gasteiger partial charge in [0.25, 0.3) is 0 Å². The van der Waals surface area contributed by atoms with Crippen LogP contribution in [0.2, 0.25) is 0 Å². The average Bonchev–Trinajstić information content (AvgIpc) is 3.18. The molecule has 0 heterocycles. The number of hydrogen-bond acceptors (Lipinski definition) is 6. The van der Waals surface area contributed by atoms with Crippen molar-refractivity contribution in [1.82, 2.24) is 0 Å². The van der Waals surface area contributed by atoms with E-state index < -0.39 is 6.10 Å². The summed E-state index contributed by atoms with van der Waals surface area (Å²) in [5, 5.41) is 0. The lowest BCUT2D eigenvalue weighted by Gasteiger charge is -2.18. The lowest BCUT2D eigenvalue weighted by molar-refractivity contribution is -0.167. The van der Waals surface area contributed by atoms with E-state index in [1.54, 1.807) is 0 Å². The highest BCUT2D eigenvalue weighted by Gasteiger charge is 2.19. The maximum atomic E-state index is 12.7. The standard InChI is InChI=1S/C49H94O6/c1-6-9-10-11-12-13-14-15-16-17-18-19-23-29-34-39-47(50)53-42-46(43-54-48(51)40-35-30-26-25-28-33-38-45(5)8-3)55-49(52)41-36-31-24-21-20-22-27-32-37-44(4)7-2/h44-46H,6-43H2,1-5H3/t44?,45?,46-/m1/s1. The molecule has 55 heavy (non-hydrogen) atoms. The van der Waals surface area contributed by atoms with E-state index in [2.05, 4.69) is 34.6 Å². The Bertz CT molecular complexity index is 843. The highest BCUT2D eigenvalue weighted by molar-refractivity contribution is 5.71. The van der Waals surface area contributed by atoms with Gasteiger partial charge in [0.05, 0.1) is 0 Å². The summed E-state index contributed by atoms with van der Waals surface area (Å²) in [7, 11) is 0. The number of ether oxygens (including phenoxy) is 3. The number of carbonyl (C=O) groups excluding carboxylic acids is 3. The summed E-state index contributed by atoms with van der Waals surface area (Å²) in [6.45, 7) is 11.3. The first-order valence-electron chi connectivity index (χ1n) is 24.3. The third-order valence-electron chi connectivity index (χ3n) is 11.7. The molecular formula is C49H94O6. The minimum Gasteiger partial charge on any atom is -0.462 e. The number of carbonyl (C=O) groups is 3. The number of rotatable bonds is 43. The van der Waals surface area contributed by atoms with E-state index in [4.69, 9.17) is 14.2 Å². The number of hydrogen-bond donors (Lipinski definition) is 0. The summed E-state index contributed by atoms with van der Waals surface area (Å²) >= 11 is 0. The molecule has 0 radical (unpaired) electrons. The summed E-state index contributed by atoms with van der Waals surface area (Å²) in [6.07, 6.45) is 40.8. The van der Waals surface area contributed by atoms with Gasteiger partial charge in [0.1, 0.15) is 13.2 Å². The topological polar surface area (TPSA) is 78.9 Å². The van der Waals surface area contributed by atoms with Crippen LogP contribution in [-0.2, 0) is 28.6 Å². The third kappa shape index (κ3) is 40.4. The maximum absolute atomic E-state index is 12.7. The smallest absolute Gasteiger partial charge is 0.306 e. The monoisotopic (exact) mass is 779 g/mol. The van der Waals surface area contributed by atoms with Crippen molar-refractivity contribution in [3.8, 4) is 0 Å². The van der Waals surface area contributed by atoms with Gasteiger partial charge < -0.3 is 14.2 Å². The lowest BCUT2D eigenvalue weighted by Crippen LogP contribution is -2.30. The van der Waals surface area contributed by atoms with Crippen LogP contribution in [0.3, 0.4) is 0 Å². The van der Waals surface area contributed by atoms with Gasteiger partial charge in [0.2, 0.25) is 0 Å². The van der Waals surface area contributed by atoms with E-state index in [-0.39, 0.29) is 31.1 Å². The van der Waals surface area contributed by atoms with Gasteiger partial charge in [0.15, 0.2) is 6.10 Å². The molecule has 6 heteroatoms. The SMILES string of the molecule is CCCCCCCCCCCCCCCCCC(=O)OC[C@H](COC(=O)CCCCCCCCC(C)CC)OC(=O)CCCCCCCCCCC(C)CC. The highest BCUT2D eigenvalue weighted by atomic mass is 16.6. The first-order chi connectivity index (χ1) is 26.8. The second-order valence-electron chi connectivity index (χ2n) is 17.2. The molecule has 0 rings (SSSR count). The van der Waals surface area contributed by atoms with Crippen molar-refractivity contribution in [2.24, 2.45) is 11.8 Å². The van der Waals surface area contributed by atoms with E-state index in [0.717, 1.165) is 69.6 Å². The fraction of sp³-hybridized carbons (Fsp3) is 0.939. The van der Waals surface area contributed by atoms with E-state index in [1.807, 2.05) is 0 Å². The van der Waals surface area contributed by atoms with Crippen molar-refractivity contribution >= 4 is 17.9 Å². The summed E-state index contributed by atoms with van der Waals surface area (Å²) in [5.41, 5.74) is 0. The van der Waals surface area contributed by atoms with Crippen LogP contribution in [0.1, 0.15) is 266 Å². The molecule has 0 aromatic rings. The van der Waals surface area contributed by atoms with Crippen molar-refractivity contribution in [3.63, 3.8) is 0 Å². The lowest BCUT2D eigenvalue weighted by atomic mass is 9.99. The van der Waals surface area contributed by atoms with Crippen molar-refractivity contribution in [3.05, 3.63) is 0 Å². The molecule has 326 valence electrons. The Balaban J connectivity index is 4.32. The molecule has 0 aromatic carbocycles. The van der Waals surface area contributed by atoms with Gasteiger partial charge in [-0.1, -0.05) is 227 Å². The molecule has 0 aliphatic rings. The van der Waals surface area contributed by atoms with Gasteiger partial charge in [-0.25, -0.2) is 0 Å². The highest BCUT2D eigenvalue weighted by Crippen LogP contribution is 2.18. The van der Waals surface area contributed by atoms with Gasteiger partial charge in [-0.2, -0.15) is 0 Å². The minimum atomic E-state index is -0.762. The maximum Gasteiger partial charge on any atom is 0.306 e. The predicted molar refractivity (Wildman–Crippen MR) is 233 cm³/mol. The zero-order valence-electron chi connectivity index (χ0n) is 37.6. The number of esters is 3. The quantitative estimate of drug-likeness (QED) is 0.0348. The molecule has 0 N–H and O–H groups in total. The molecule has 0 aliphatic heterocycles. The van der Waals surface area contributed by atoms with E-state index in [9.17, 15) is 14.4 Å².